The number of carbonyl (C=O) groups excluding carboxylic acids is 2. The maximum absolute atomic E-state index is 12.8. The fraction of sp³-hybridized carbons (Fsp3) is 0.261. The Morgan fingerprint density at radius 3 is 2.37 bits per heavy atom. The van der Waals surface area contributed by atoms with Crippen LogP contribution < -0.4 is 4.74 Å². The number of ether oxygens (including phenoxy) is 1. The fourth-order valence-electron chi connectivity index (χ4n) is 4.99. The molecule has 1 saturated heterocycles. The zero-order chi connectivity index (χ0) is 24.9. The number of nitro groups is 2. The van der Waals surface area contributed by atoms with Gasteiger partial charge in [0.25, 0.3) is 17.5 Å². The van der Waals surface area contributed by atoms with E-state index in [1.165, 1.54) is 30.5 Å². The summed E-state index contributed by atoms with van der Waals surface area (Å²) in [6, 6.07) is 8.18. The summed E-state index contributed by atoms with van der Waals surface area (Å²) < 4.78 is 5.53. The maximum Gasteiger partial charge on any atom is 0.313 e. The summed E-state index contributed by atoms with van der Waals surface area (Å²) in [5.41, 5.74) is 0.0261. The van der Waals surface area contributed by atoms with E-state index in [1.807, 2.05) is 12.2 Å². The number of nitro benzene ring substituents is 2. The van der Waals surface area contributed by atoms with Gasteiger partial charge >= 0.3 is 5.69 Å². The Morgan fingerprint density at radius 1 is 1.06 bits per heavy atom. The Morgan fingerprint density at radius 2 is 1.74 bits per heavy atom. The third kappa shape index (κ3) is 3.93. The molecule has 2 fully saturated rings. The molecule has 1 saturated carbocycles. The van der Waals surface area contributed by atoms with Crippen molar-refractivity contribution < 1.29 is 24.2 Å². The summed E-state index contributed by atoms with van der Waals surface area (Å²) >= 11 is 6.25. The predicted molar refractivity (Wildman–Crippen MR) is 123 cm³/mol. The average Bonchev–Trinajstić information content (AvgIpc) is 3.51. The summed E-state index contributed by atoms with van der Waals surface area (Å²) in [4.78, 5) is 46.9. The van der Waals surface area contributed by atoms with Gasteiger partial charge in [-0.3, -0.25) is 29.8 Å². The van der Waals surface area contributed by atoms with Gasteiger partial charge in [-0.05, 0) is 29.9 Å². The highest BCUT2D eigenvalue weighted by Crippen LogP contribution is 2.52. The summed E-state index contributed by atoms with van der Waals surface area (Å²) in [7, 11) is 0. The highest BCUT2D eigenvalue weighted by Gasteiger charge is 2.59. The van der Waals surface area contributed by atoms with E-state index in [-0.39, 0.29) is 52.3 Å². The number of non-ortho nitro benzene ring substituents is 1. The Balaban J connectivity index is 1.36. The summed E-state index contributed by atoms with van der Waals surface area (Å²) in [5.74, 6) is -1.68. The highest BCUT2D eigenvalue weighted by molar-refractivity contribution is 6.32. The van der Waals surface area contributed by atoms with Gasteiger partial charge in [0.15, 0.2) is 0 Å². The van der Waals surface area contributed by atoms with Crippen LogP contribution in [0.3, 0.4) is 0 Å². The average molecular weight is 497 g/mol. The number of allylic oxidation sites excluding steroid dienone is 2. The molecular weight excluding hydrogens is 480 g/mol. The van der Waals surface area contributed by atoms with Crippen molar-refractivity contribution in [3.8, 4) is 5.75 Å². The first kappa shape index (κ1) is 22.7. The predicted octanol–water partition coefficient (Wildman–Crippen LogP) is 3.88. The first-order chi connectivity index (χ1) is 16.7. The maximum atomic E-state index is 12.8. The van der Waals surface area contributed by atoms with E-state index >= 15 is 0 Å². The lowest BCUT2D eigenvalue weighted by molar-refractivity contribution is -0.385. The molecule has 2 aromatic rings. The van der Waals surface area contributed by atoms with E-state index in [2.05, 4.69) is 5.10 Å². The van der Waals surface area contributed by atoms with E-state index in [9.17, 15) is 29.8 Å². The molecule has 0 spiro atoms. The van der Waals surface area contributed by atoms with Crippen LogP contribution in [0.25, 0.3) is 0 Å². The van der Waals surface area contributed by atoms with Gasteiger partial charge in [-0.15, -0.1) is 0 Å². The lowest BCUT2D eigenvalue weighted by Gasteiger charge is -2.13. The monoisotopic (exact) mass is 496 g/mol. The molecule has 1 aliphatic heterocycles. The quantitative estimate of drug-likeness (QED) is 0.186. The Labute approximate surface area is 202 Å². The number of nitrogens with zero attached hydrogens (tertiary/aromatic N) is 4. The number of hydrazone groups is 1. The number of hydrogen-bond donors (Lipinski definition) is 0. The molecule has 2 aromatic carbocycles. The van der Waals surface area contributed by atoms with E-state index in [0.29, 0.717) is 5.56 Å². The topological polar surface area (TPSA) is 145 Å². The van der Waals surface area contributed by atoms with Crippen molar-refractivity contribution in [3.63, 3.8) is 0 Å². The van der Waals surface area contributed by atoms with Gasteiger partial charge in [0.2, 0.25) is 5.75 Å². The van der Waals surface area contributed by atoms with Gasteiger partial charge < -0.3 is 4.74 Å². The number of rotatable bonds is 7. The van der Waals surface area contributed by atoms with Crippen molar-refractivity contribution in [1.82, 2.24) is 5.01 Å². The number of benzene rings is 2. The molecule has 2 bridgehead atoms. The fourth-order valence-corrected chi connectivity index (χ4v) is 5.27. The molecule has 5 rings (SSSR count). The minimum Gasteiger partial charge on any atom is -0.481 e. The third-order valence-corrected chi connectivity index (χ3v) is 6.80. The molecule has 178 valence electrons. The van der Waals surface area contributed by atoms with Crippen molar-refractivity contribution in [2.24, 2.45) is 28.8 Å². The van der Waals surface area contributed by atoms with Crippen LogP contribution in [0.2, 0.25) is 5.02 Å². The minimum atomic E-state index is -0.689. The molecule has 1 heterocycles. The van der Waals surface area contributed by atoms with Crippen LogP contribution in [-0.4, -0.2) is 32.9 Å². The normalized spacial score (nSPS) is 24.4. The SMILES string of the molecule is O=C1C2C3C=CC(C3)C2C(=O)N1N=Cc1cc(Cl)c(OCc2cccc([N+](=O)[O-])c2)c([N+](=O)[O-])c1. The van der Waals surface area contributed by atoms with Crippen molar-refractivity contribution in [3.05, 3.63) is 84.9 Å². The largest absolute Gasteiger partial charge is 0.481 e. The molecule has 35 heavy (non-hydrogen) atoms. The molecule has 2 aliphatic carbocycles. The van der Waals surface area contributed by atoms with E-state index in [4.69, 9.17) is 16.3 Å². The van der Waals surface area contributed by atoms with E-state index < -0.39 is 27.4 Å². The second-order valence-electron chi connectivity index (χ2n) is 8.56. The number of hydrogen-bond acceptors (Lipinski definition) is 8. The second-order valence-corrected chi connectivity index (χ2v) is 8.96. The number of fused-ring (bicyclic) bond motifs is 5. The minimum absolute atomic E-state index is 0.0414. The van der Waals surface area contributed by atoms with Gasteiger partial charge in [-0.1, -0.05) is 35.9 Å². The van der Waals surface area contributed by atoms with Gasteiger partial charge in [-0.2, -0.15) is 10.1 Å². The molecule has 0 aromatic heterocycles. The molecule has 11 nitrogen and oxygen atoms in total. The summed E-state index contributed by atoms with van der Waals surface area (Å²) in [6.07, 6.45) is 5.92. The Bertz CT molecular complexity index is 1310. The standard InChI is InChI=1S/C23H17ClN4O7/c24-17-7-13(10-25-26-22(29)19-14-4-5-15(9-14)20(19)23(26)30)8-18(28(33)34)21(17)35-11-12-2-1-3-16(6-12)27(31)32/h1-8,10,14-15,19-20H,9,11H2. The zero-order valence-electron chi connectivity index (χ0n) is 17.9. The van der Waals surface area contributed by atoms with E-state index in [1.54, 1.807) is 6.07 Å². The number of imide groups is 1. The smallest absolute Gasteiger partial charge is 0.313 e. The van der Waals surface area contributed by atoms with Crippen molar-refractivity contribution in [2.75, 3.05) is 0 Å². The van der Waals surface area contributed by atoms with Crippen LogP contribution in [0.5, 0.6) is 5.75 Å². The lowest BCUT2D eigenvalue weighted by Crippen LogP contribution is -2.28. The van der Waals surface area contributed by atoms with Crippen LogP contribution in [0.15, 0.2) is 53.7 Å². The molecular formula is C23H17ClN4O7. The molecule has 0 radical (unpaired) electrons. The molecule has 12 heteroatoms. The first-order valence-electron chi connectivity index (χ1n) is 10.7. The number of amides is 2. The highest BCUT2D eigenvalue weighted by atomic mass is 35.5. The second kappa shape index (κ2) is 8.58. The molecule has 0 N–H and O–H groups in total. The van der Waals surface area contributed by atoms with Crippen LogP contribution >= 0.6 is 11.6 Å². The first-order valence-corrected chi connectivity index (χ1v) is 11.1. The van der Waals surface area contributed by atoms with Crippen LogP contribution in [-0.2, 0) is 16.2 Å². The zero-order valence-corrected chi connectivity index (χ0v) is 18.7. The lowest BCUT2D eigenvalue weighted by atomic mass is 9.85. The van der Waals surface area contributed by atoms with Gasteiger partial charge in [0.1, 0.15) is 6.61 Å². The van der Waals surface area contributed by atoms with Crippen molar-refractivity contribution >= 4 is 41.0 Å². The van der Waals surface area contributed by atoms with Crippen LogP contribution in [0, 0.1) is 43.9 Å². The molecule has 3 aliphatic rings. The van der Waals surface area contributed by atoms with Crippen LogP contribution in [0.4, 0.5) is 11.4 Å². The Kier molecular flexibility index (Phi) is 5.56. The number of halogens is 1. The molecule has 4 atom stereocenters. The Hall–Kier alpha value is -4.12. The summed E-state index contributed by atoms with van der Waals surface area (Å²) in [6.45, 7) is -0.189. The molecule has 2 amide bonds. The van der Waals surface area contributed by atoms with Crippen molar-refractivity contribution in [2.45, 2.75) is 13.0 Å². The van der Waals surface area contributed by atoms with Gasteiger partial charge in [0.05, 0.1) is 32.9 Å². The summed E-state index contributed by atoms with van der Waals surface area (Å²) in [5, 5.41) is 27.4. The molecule has 4 unspecified atom stereocenters. The number of carbonyl (C=O) groups is 2. The van der Waals surface area contributed by atoms with Gasteiger partial charge in [-0.25, -0.2) is 0 Å². The van der Waals surface area contributed by atoms with Crippen LogP contribution in [0.1, 0.15) is 17.5 Å². The van der Waals surface area contributed by atoms with Gasteiger partial charge in [0, 0.05) is 23.8 Å². The van der Waals surface area contributed by atoms with E-state index in [0.717, 1.165) is 17.5 Å². The third-order valence-electron chi connectivity index (χ3n) is 6.52. The van der Waals surface area contributed by atoms with Crippen molar-refractivity contribution in [1.29, 1.82) is 0 Å².